The normalized spacial score (nSPS) is 11.1. The second-order valence-corrected chi connectivity index (χ2v) is 5.30. The summed E-state index contributed by atoms with van der Waals surface area (Å²) >= 11 is 0. The smallest absolute Gasteiger partial charge is 0.231 e. The van der Waals surface area contributed by atoms with E-state index in [9.17, 15) is 0 Å². The molecule has 0 bridgehead atoms. The number of hydrogen-bond acceptors (Lipinski definition) is 5. The molecule has 0 radical (unpaired) electrons. The molecule has 1 aromatic carbocycles. The lowest BCUT2D eigenvalue weighted by atomic mass is 9.97. The molecule has 5 nitrogen and oxygen atoms in total. The first-order valence-corrected chi connectivity index (χ1v) is 7.72. The Labute approximate surface area is 133 Å². The van der Waals surface area contributed by atoms with Crippen LogP contribution in [0.2, 0.25) is 0 Å². The molecular formula is C17H28N2O3. The van der Waals surface area contributed by atoms with Crippen LogP contribution in [0, 0.1) is 11.3 Å². The van der Waals surface area contributed by atoms with Crippen LogP contribution in [-0.4, -0.2) is 42.6 Å². The van der Waals surface area contributed by atoms with Gasteiger partial charge in [-0.15, -0.1) is 0 Å². The van der Waals surface area contributed by atoms with Crippen LogP contribution in [-0.2, 0) is 11.2 Å². The Morgan fingerprint density at radius 3 is 2.09 bits per heavy atom. The predicted molar refractivity (Wildman–Crippen MR) is 89.0 cm³/mol. The zero-order chi connectivity index (χ0) is 16.8. The van der Waals surface area contributed by atoms with Crippen LogP contribution < -0.4 is 4.90 Å². The number of hydrogen-bond donors (Lipinski definition) is 3. The summed E-state index contributed by atoms with van der Waals surface area (Å²) in [7, 11) is 0. The number of rotatable bonds is 9. The molecule has 0 fully saturated rings. The van der Waals surface area contributed by atoms with Gasteiger partial charge in [0.1, 0.15) is 0 Å². The van der Waals surface area contributed by atoms with Crippen molar-refractivity contribution in [1.29, 1.82) is 5.41 Å². The molecule has 1 aromatic rings. The first-order chi connectivity index (χ1) is 10.6. The summed E-state index contributed by atoms with van der Waals surface area (Å²) < 4.78 is 0. The van der Waals surface area contributed by atoms with E-state index in [-0.39, 0.29) is 13.2 Å². The Morgan fingerprint density at radius 2 is 1.68 bits per heavy atom. The fourth-order valence-corrected chi connectivity index (χ4v) is 2.45. The molecule has 0 aliphatic carbocycles. The Kier molecular flexibility index (Phi) is 12.0. The molecular weight excluding hydrogens is 280 g/mol. The zero-order valence-electron chi connectivity index (χ0n) is 13.6. The van der Waals surface area contributed by atoms with Crippen LogP contribution in [0.15, 0.2) is 24.3 Å². The molecule has 124 valence electrons. The lowest BCUT2D eigenvalue weighted by Gasteiger charge is -2.23. The standard InChI is InChI=1S/C16H27NO2.CHNO/c1-3-4-14(2)13-15-5-7-16(8-6-15)17(9-11-18)10-12-19;2-1-3/h5-8,14,18-19H,3-4,9-13H2,1-2H3;2H. The van der Waals surface area contributed by atoms with Gasteiger partial charge in [0.15, 0.2) is 0 Å². The number of aliphatic hydroxyl groups is 2. The lowest BCUT2D eigenvalue weighted by molar-refractivity contribution is 0.281. The summed E-state index contributed by atoms with van der Waals surface area (Å²) in [6.07, 6.45) is 4.37. The summed E-state index contributed by atoms with van der Waals surface area (Å²) in [5.41, 5.74) is 2.42. The summed E-state index contributed by atoms with van der Waals surface area (Å²) in [5.74, 6) is 0.724. The van der Waals surface area contributed by atoms with Crippen LogP contribution in [0.4, 0.5) is 5.69 Å². The average molecular weight is 308 g/mol. The van der Waals surface area contributed by atoms with Crippen molar-refractivity contribution in [3.63, 3.8) is 0 Å². The number of benzene rings is 1. The van der Waals surface area contributed by atoms with Gasteiger partial charge >= 0.3 is 0 Å². The molecule has 1 unspecified atom stereocenters. The van der Waals surface area contributed by atoms with E-state index < -0.39 is 0 Å². The maximum Gasteiger partial charge on any atom is 0.231 e. The van der Waals surface area contributed by atoms with Crippen molar-refractivity contribution in [2.24, 2.45) is 5.92 Å². The molecule has 0 spiro atoms. The highest BCUT2D eigenvalue weighted by Gasteiger charge is 2.06. The Balaban J connectivity index is 0.00000135. The van der Waals surface area contributed by atoms with Gasteiger partial charge in [0, 0.05) is 18.8 Å². The highest BCUT2D eigenvalue weighted by atomic mass is 16.3. The Hall–Kier alpha value is -1.68. The molecule has 1 atom stereocenters. The zero-order valence-corrected chi connectivity index (χ0v) is 13.6. The van der Waals surface area contributed by atoms with Gasteiger partial charge in [0.25, 0.3) is 0 Å². The van der Waals surface area contributed by atoms with E-state index in [0.29, 0.717) is 13.1 Å². The largest absolute Gasteiger partial charge is 0.395 e. The van der Waals surface area contributed by atoms with Crippen molar-refractivity contribution in [2.75, 3.05) is 31.2 Å². The van der Waals surface area contributed by atoms with Gasteiger partial charge in [0.2, 0.25) is 6.08 Å². The minimum absolute atomic E-state index is 0.106. The highest BCUT2D eigenvalue weighted by Crippen LogP contribution is 2.18. The summed E-state index contributed by atoms with van der Waals surface area (Å²) in [4.78, 5) is 10.3. The van der Waals surface area contributed by atoms with E-state index >= 15 is 0 Å². The minimum Gasteiger partial charge on any atom is -0.395 e. The van der Waals surface area contributed by atoms with Crippen LogP contribution in [0.3, 0.4) is 0 Å². The molecule has 22 heavy (non-hydrogen) atoms. The van der Waals surface area contributed by atoms with Gasteiger partial charge in [-0.3, -0.25) is 0 Å². The van der Waals surface area contributed by atoms with E-state index in [1.165, 1.54) is 18.4 Å². The molecule has 0 aromatic heterocycles. The lowest BCUT2D eigenvalue weighted by Crippen LogP contribution is -2.29. The van der Waals surface area contributed by atoms with Gasteiger partial charge in [0.05, 0.1) is 13.2 Å². The van der Waals surface area contributed by atoms with Crippen LogP contribution in [0.1, 0.15) is 32.3 Å². The molecule has 0 aliphatic heterocycles. The first-order valence-electron chi connectivity index (χ1n) is 7.72. The van der Waals surface area contributed by atoms with Crippen LogP contribution >= 0.6 is 0 Å². The summed E-state index contributed by atoms with van der Waals surface area (Å²) in [5, 5.41) is 23.5. The van der Waals surface area contributed by atoms with Crippen molar-refractivity contribution in [2.45, 2.75) is 33.1 Å². The topological polar surface area (TPSA) is 84.6 Å². The van der Waals surface area contributed by atoms with Crippen LogP contribution in [0.5, 0.6) is 0 Å². The second kappa shape index (κ2) is 13.0. The van der Waals surface area contributed by atoms with Gasteiger partial charge in [-0.25, -0.2) is 10.2 Å². The number of nitrogens with zero attached hydrogens (tertiary/aromatic N) is 1. The summed E-state index contributed by atoms with van der Waals surface area (Å²) in [6.45, 7) is 5.85. The molecule has 3 N–H and O–H groups in total. The molecule has 0 saturated heterocycles. The monoisotopic (exact) mass is 308 g/mol. The maximum absolute atomic E-state index is 9.03. The van der Waals surface area contributed by atoms with Crippen LogP contribution in [0.25, 0.3) is 0 Å². The number of nitrogens with one attached hydrogen (secondary N) is 1. The fraction of sp³-hybridized carbons (Fsp3) is 0.588. The van der Waals surface area contributed by atoms with Crippen molar-refractivity contribution in [1.82, 2.24) is 0 Å². The first kappa shape index (κ1) is 20.3. The second-order valence-electron chi connectivity index (χ2n) is 5.30. The highest BCUT2D eigenvalue weighted by molar-refractivity contribution is 5.47. The van der Waals surface area contributed by atoms with E-state index in [1.54, 1.807) is 0 Å². The van der Waals surface area contributed by atoms with E-state index in [4.69, 9.17) is 20.4 Å². The molecule has 0 amide bonds. The minimum atomic E-state index is 0.106. The Morgan fingerprint density at radius 1 is 1.18 bits per heavy atom. The van der Waals surface area contributed by atoms with E-state index in [2.05, 4.69) is 38.1 Å². The van der Waals surface area contributed by atoms with Crippen molar-refractivity contribution >= 4 is 11.8 Å². The van der Waals surface area contributed by atoms with Crippen molar-refractivity contribution < 1.29 is 15.0 Å². The van der Waals surface area contributed by atoms with Gasteiger partial charge < -0.3 is 15.1 Å². The summed E-state index contributed by atoms with van der Waals surface area (Å²) in [6, 6.07) is 8.48. The third-order valence-electron chi connectivity index (χ3n) is 3.41. The Bertz CT molecular complexity index is 408. The van der Waals surface area contributed by atoms with E-state index in [1.807, 2.05) is 4.90 Å². The van der Waals surface area contributed by atoms with Gasteiger partial charge in [-0.05, 0) is 30.0 Å². The van der Waals surface area contributed by atoms with Gasteiger partial charge in [-0.1, -0.05) is 38.8 Å². The maximum atomic E-state index is 9.03. The fourth-order valence-electron chi connectivity index (χ4n) is 2.45. The molecule has 1 rings (SSSR count). The van der Waals surface area contributed by atoms with Gasteiger partial charge in [-0.2, -0.15) is 0 Å². The quantitative estimate of drug-likeness (QED) is 0.483. The molecule has 5 heteroatoms. The number of anilines is 1. The number of carbonyl (C=O) groups excluding carboxylic acids is 1. The van der Waals surface area contributed by atoms with Crippen molar-refractivity contribution in [3.8, 4) is 0 Å². The number of aliphatic hydroxyl groups excluding tert-OH is 2. The third kappa shape index (κ3) is 8.57. The van der Waals surface area contributed by atoms with E-state index in [0.717, 1.165) is 24.1 Å². The predicted octanol–water partition coefficient (Wildman–Crippen LogP) is 2.36. The third-order valence-corrected chi connectivity index (χ3v) is 3.41. The van der Waals surface area contributed by atoms with Crippen molar-refractivity contribution in [3.05, 3.63) is 29.8 Å². The molecule has 0 aliphatic rings. The number of isocyanates is 1. The molecule has 0 saturated carbocycles. The molecule has 0 heterocycles. The SMILES string of the molecule is CCCC(C)Cc1ccc(N(CCO)CCO)cc1.N=C=O. The average Bonchev–Trinajstić information content (AvgIpc) is 2.49.